The zero-order valence-electron chi connectivity index (χ0n) is 17.2. The third kappa shape index (κ3) is 2.65. The molecule has 4 fully saturated rings. The second-order valence-electron chi connectivity index (χ2n) is 10.5. The topological polar surface area (TPSA) is 67.4 Å². The van der Waals surface area contributed by atoms with E-state index in [2.05, 4.69) is 30.7 Å². The van der Waals surface area contributed by atoms with Crippen molar-refractivity contribution in [1.82, 2.24) is 10.8 Å². The molecule has 0 radical (unpaired) electrons. The Bertz CT molecular complexity index is 702. The molecule has 5 heteroatoms. The highest BCUT2D eigenvalue weighted by atomic mass is 16.7. The van der Waals surface area contributed by atoms with Gasteiger partial charge in [-0.15, -0.1) is 0 Å². The highest BCUT2D eigenvalue weighted by Crippen LogP contribution is 2.66. The fourth-order valence-corrected chi connectivity index (χ4v) is 7.42. The van der Waals surface area contributed by atoms with Crippen LogP contribution in [0.15, 0.2) is 11.8 Å². The number of hydroxylamine groups is 1. The smallest absolute Gasteiger partial charge is 0.139 e. The van der Waals surface area contributed by atoms with E-state index in [1.54, 1.807) is 0 Å². The first kappa shape index (κ1) is 18.8. The largest absolute Gasteiger partial charge is 0.311 e. The van der Waals surface area contributed by atoms with E-state index in [0.29, 0.717) is 29.5 Å². The van der Waals surface area contributed by atoms with Gasteiger partial charge in [0.15, 0.2) is 0 Å². The van der Waals surface area contributed by atoms with Gasteiger partial charge in [-0.25, -0.2) is 0 Å². The Kier molecular flexibility index (Phi) is 4.48. The number of carbonyl (C=O) groups excluding carboxylic acids is 2. The van der Waals surface area contributed by atoms with Crippen molar-refractivity contribution in [2.45, 2.75) is 64.9 Å². The van der Waals surface area contributed by atoms with E-state index >= 15 is 0 Å². The van der Waals surface area contributed by atoms with E-state index in [1.165, 1.54) is 12.0 Å². The number of carbonyl (C=O) groups is 2. The Labute approximate surface area is 168 Å². The van der Waals surface area contributed by atoms with Gasteiger partial charge in [-0.2, -0.15) is 0 Å². The molecule has 4 aliphatic carbocycles. The van der Waals surface area contributed by atoms with Crippen LogP contribution in [0.5, 0.6) is 0 Å². The second-order valence-corrected chi connectivity index (χ2v) is 10.5. The van der Waals surface area contributed by atoms with Crippen molar-refractivity contribution < 1.29 is 14.4 Å². The molecule has 0 spiro atoms. The predicted molar refractivity (Wildman–Crippen MR) is 106 cm³/mol. The summed E-state index contributed by atoms with van der Waals surface area (Å²) >= 11 is 0. The van der Waals surface area contributed by atoms with E-state index in [0.717, 1.165) is 58.0 Å². The lowest BCUT2D eigenvalue weighted by Crippen LogP contribution is -2.56. The second kappa shape index (κ2) is 6.66. The lowest BCUT2D eigenvalue weighted by molar-refractivity contribution is -0.147. The molecular weight excluding hydrogens is 352 g/mol. The number of ketones is 1. The lowest BCUT2D eigenvalue weighted by Gasteiger charge is -2.60. The molecule has 28 heavy (non-hydrogen) atoms. The first-order valence-corrected chi connectivity index (χ1v) is 11.3. The third-order valence-corrected chi connectivity index (χ3v) is 9.37. The van der Waals surface area contributed by atoms with Crippen molar-refractivity contribution in [2.75, 3.05) is 13.1 Å². The summed E-state index contributed by atoms with van der Waals surface area (Å²) in [5, 5.41) is 3.22. The molecule has 5 nitrogen and oxygen atoms in total. The first-order chi connectivity index (χ1) is 13.5. The maximum Gasteiger partial charge on any atom is 0.139 e. The van der Waals surface area contributed by atoms with Gasteiger partial charge in [0.05, 0.1) is 0 Å². The van der Waals surface area contributed by atoms with Crippen LogP contribution in [0.4, 0.5) is 0 Å². The van der Waals surface area contributed by atoms with Gasteiger partial charge in [0.25, 0.3) is 0 Å². The molecule has 0 aromatic rings. The summed E-state index contributed by atoms with van der Waals surface area (Å²) in [6.07, 6.45) is 10.8. The van der Waals surface area contributed by atoms with Gasteiger partial charge in [0, 0.05) is 36.5 Å². The number of fused-ring (bicyclic) bond motifs is 5. The van der Waals surface area contributed by atoms with Crippen LogP contribution in [-0.2, 0) is 14.4 Å². The zero-order chi connectivity index (χ0) is 19.5. The van der Waals surface area contributed by atoms with Crippen LogP contribution in [0, 0.1) is 40.4 Å². The van der Waals surface area contributed by atoms with Crippen LogP contribution in [0.3, 0.4) is 0 Å². The van der Waals surface area contributed by atoms with Crippen molar-refractivity contribution in [3.8, 4) is 0 Å². The van der Waals surface area contributed by atoms with E-state index in [-0.39, 0.29) is 22.9 Å². The number of nitrogens with one attached hydrogen (secondary N) is 2. The summed E-state index contributed by atoms with van der Waals surface area (Å²) in [7, 11) is 0. The maximum atomic E-state index is 12.6. The molecule has 0 aromatic carbocycles. The fraction of sp³-hybridized carbons (Fsp3) is 0.826. The number of Topliss-reactive ketones (excluding diaryl/α,β-unsaturated/α-hetero) is 1. The molecule has 5 rings (SSSR count). The van der Waals surface area contributed by atoms with Gasteiger partial charge in [-0.05, 0) is 67.6 Å². The minimum atomic E-state index is -0.173. The van der Waals surface area contributed by atoms with Gasteiger partial charge in [0.2, 0.25) is 0 Å². The van der Waals surface area contributed by atoms with Gasteiger partial charge in [-0.3, -0.25) is 15.1 Å². The minimum Gasteiger partial charge on any atom is -0.311 e. The van der Waals surface area contributed by atoms with Gasteiger partial charge < -0.3 is 10.1 Å². The summed E-state index contributed by atoms with van der Waals surface area (Å²) in [4.78, 5) is 30.6. The van der Waals surface area contributed by atoms with Crippen LogP contribution in [0.2, 0.25) is 0 Å². The molecule has 0 aromatic heterocycles. The van der Waals surface area contributed by atoms with E-state index < -0.39 is 0 Å². The number of rotatable bonds is 4. The molecule has 0 amide bonds. The summed E-state index contributed by atoms with van der Waals surface area (Å²) in [6.45, 7) is 6.48. The number of hydrogen-bond acceptors (Lipinski definition) is 5. The highest BCUT2D eigenvalue weighted by Gasteiger charge is 2.62. The molecule has 1 heterocycles. The standard InChI is InChI=1S/C23H34N2O3/c1-22-7-5-16(25-28-17-11-24-12-17)10-15(22)9-14(13-26)21-18-3-4-20(27)23(18,2)8-6-19(21)22/h10,13-15,17-19,21,24-25H,3-9,11-12H2,1-2H3/t14?,15?,18-,19-,21-,22-,23-/m0/s1. The molecule has 7 atom stereocenters. The highest BCUT2D eigenvalue weighted by molar-refractivity contribution is 5.87. The van der Waals surface area contributed by atoms with Crippen LogP contribution >= 0.6 is 0 Å². The van der Waals surface area contributed by atoms with E-state index in [1.807, 2.05) is 0 Å². The SMILES string of the molecule is C[C@]12CCC(NOC3CNC3)=CC1CC(C=O)[C@@H]1[C@@H]2CC[C@]2(C)C(=O)CC[C@@H]12. The van der Waals surface area contributed by atoms with Crippen molar-refractivity contribution in [3.05, 3.63) is 11.8 Å². The first-order valence-electron chi connectivity index (χ1n) is 11.3. The summed E-state index contributed by atoms with van der Waals surface area (Å²) in [5.41, 5.74) is 4.47. The number of aldehydes is 1. The van der Waals surface area contributed by atoms with E-state index in [4.69, 9.17) is 4.84 Å². The summed E-state index contributed by atoms with van der Waals surface area (Å²) in [6, 6.07) is 0. The van der Waals surface area contributed by atoms with Crippen molar-refractivity contribution in [3.63, 3.8) is 0 Å². The maximum absolute atomic E-state index is 12.6. The number of allylic oxidation sites excluding steroid dienone is 2. The molecule has 154 valence electrons. The lowest BCUT2D eigenvalue weighted by atomic mass is 9.44. The Morgan fingerprint density at radius 3 is 2.71 bits per heavy atom. The van der Waals surface area contributed by atoms with Gasteiger partial charge >= 0.3 is 0 Å². The van der Waals surface area contributed by atoms with Crippen LogP contribution < -0.4 is 10.8 Å². The van der Waals surface area contributed by atoms with Crippen molar-refractivity contribution in [2.24, 2.45) is 40.4 Å². The summed E-state index contributed by atoms with van der Waals surface area (Å²) < 4.78 is 0. The molecule has 5 aliphatic rings. The monoisotopic (exact) mass is 386 g/mol. The zero-order valence-corrected chi connectivity index (χ0v) is 17.2. The average molecular weight is 387 g/mol. The molecular formula is C23H34N2O3. The molecule has 0 bridgehead atoms. The average Bonchev–Trinajstić information content (AvgIpc) is 2.95. The third-order valence-electron chi connectivity index (χ3n) is 9.37. The van der Waals surface area contributed by atoms with Gasteiger partial charge in [0.1, 0.15) is 18.2 Å². The number of hydrogen-bond donors (Lipinski definition) is 2. The molecule has 1 saturated heterocycles. The van der Waals surface area contributed by atoms with Crippen LogP contribution in [0.25, 0.3) is 0 Å². The quantitative estimate of drug-likeness (QED) is 0.574. The van der Waals surface area contributed by atoms with E-state index in [9.17, 15) is 9.59 Å². The Balaban J connectivity index is 1.40. The van der Waals surface area contributed by atoms with Gasteiger partial charge in [-0.1, -0.05) is 19.9 Å². The summed E-state index contributed by atoms with van der Waals surface area (Å²) in [5.74, 6) is 2.31. The molecule has 2 unspecified atom stereocenters. The molecule has 2 N–H and O–H groups in total. The van der Waals surface area contributed by atoms with Crippen molar-refractivity contribution in [1.29, 1.82) is 0 Å². The predicted octanol–water partition coefficient (Wildman–Crippen LogP) is 3.01. The Morgan fingerprint density at radius 2 is 2.00 bits per heavy atom. The normalized spacial score (nSPS) is 48.0. The minimum absolute atomic E-state index is 0.0888. The Hall–Kier alpha value is -1.20. The molecule has 1 aliphatic heterocycles. The fourth-order valence-electron chi connectivity index (χ4n) is 7.42. The Morgan fingerprint density at radius 1 is 1.18 bits per heavy atom. The molecule has 3 saturated carbocycles. The van der Waals surface area contributed by atoms with Crippen LogP contribution in [-0.4, -0.2) is 31.3 Å². The van der Waals surface area contributed by atoms with Crippen molar-refractivity contribution >= 4 is 12.1 Å². The van der Waals surface area contributed by atoms with Crippen LogP contribution in [0.1, 0.15) is 58.8 Å².